The molecule has 2 aromatic heterocycles. The number of benzene rings is 4. The Morgan fingerprint density at radius 2 is 1.64 bits per heavy atom. The highest BCUT2D eigenvalue weighted by Gasteiger charge is 2.38. The minimum absolute atomic E-state index is 0.196. The number of esters is 1. The molecule has 6 rings (SSSR count). The number of nitrogen functional groups attached to an aromatic ring is 1. The number of anilines is 1. The van der Waals surface area contributed by atoms with Gasteiger partial charge in [-0.15, -0.1) is 0 Å². The molecule has 12 heteroatoms. The first kappa shape index (κ1) is 35.0. The Morgan fingerprint density at radius 3 is 2.38 bits per heavy atom. The normalized spacial score (nSPS) is 14.4. The molecule has 3 atom stereocenters. The molecule has 3 N–H and O–H groups in total. The van der Waals surface area contributed by atoms with Gasteiger partial charge in [-0.3, -0.25) is 4.52 Å². The molecule has 6 aromatic rings. The lowest BCUT2D eigenvalue weighted by atomic mass is 10.1. The van der Waals surface area contributed by atoms with Gasteiger partial charge in [0.25, 0.3) is 0 Å². The number of carbonyl (C=O) groups excluding carboxylic acids is 1. The number of aromatic nitrogens is 3. The van der Waals surface area contributed by atoms with E-state index < -0.39 is 31.5 Å². The van der Waals surface area contributed by atoms with Crippen molar-refractivity contribution in [1.82, 2.24) is 19.6 Å². The third kappa shape index (κ3) is 7.98. The highest BCUT2D eigenvalue weighted by molar-refractivity contribution is 7.52. The summed E-state index contributed by atoms with van der Waals surface area (Å²) in [4.78, 5) is 23.1. The van der Waals surface area contributed by atoms with Crippen LogP contribution >= 0.6 is 7.75 Å². The quantitative estimate of drug-likeness (QED) is 0.0899. The van der Waals surface area contributed by atoms with Gasteiger partial charge in [-0.1, -0.05) is 78.9 Å². The second-order valence-corrected chi connectivity index (χ2v) is 14.7. The SMILES string of the molecule is CCOCc1nc2c(N)nc3ccccc3c2n1C[C@@H](C)O[P@@](=O)(N[C@H](C(=O)OC(C)(C)C)c1ccccc1)Oc1ccc2ccccc2c1. The van der Waals surface area contributed by atoms with Crippen LogP contribution in [0.15, 0.2) is 97.1 Å². The Labute approximate surface area is 291 Å². The van der Waals surface area contributed by atoms with Crippen molar-refractivity contribution in [2.45, 2.75) is 65.5 Å². The van der Waals surface area contributed by atoms with E-state index in [0.717, 1.165) is 21.7 Å². The molecule has 0 aliphatic heterocycles. The minimum atomic E-state index is -4.34. The summed E-state index contributed by atoms with van der Waals surface area (Å²) in [5.74, 6) is 0.573. The van der Waals surface area contributed by atoms with Gasteiger partial charge in [0.05, 0.1) is 23.7 Å². The van der Waals surface area contributed by atoms with E-state index in [9.17, 15) is 4.79 Å². The van der Waals surface area contributed by atoms with Crippen molar-refractivity contribution in [3.8, 4) is 5.75 Å². The van der Waals surface area contributed by atoms with Gasteiger partial charge in [-0.25, -0.2) is 19.3 Å². The smallest absolute Gasteiger partial charge is 0.459 e. The predicted molar refractivity (Wildman–Crippen MR) is 196 cm³/mol. The molecule has 0 amide bonds. The minimum Gasteiger partial charge on any atom is -0.459 e. The fourth-order valence-electron chi connectivity index (χ4n) is 5.80. The second kappa shape index (κ2) is 14.6. The molecule has 0 fully saturated rings. The Balaban J connectivity index is 1.40. The Morgan fingerprint density at radius 1 is 0.940 bits per heavy atom. The Hall–Kier alpha value is -4.80. The van der Waals surface area contributed by atoms with Crippen LogP contribution in [0.4, 0.5) is 5.82 Å². The van der Waals surface area contributed by atoms with Crippen LogP contribution in [0.2, 0.25) is 0 Å². The fourth-order valence-corrected chi connectivity index (χ4v) is 7.46. The highest BCUT2D eigenvalue weighted by Crippen LogP contribution is 2.49. The van der Waals surface area contributed by atoms with E-state index in [4.69, 9.17) is 29.2 Å². The van der Waals surface area contributed by atoms with Crippen LogP contribution in [0.5, 0.6) is 5.75 Å². The van der Waals surface area contributed by atoms with E-state index in [2.05, 4.69) is 10.1 Å². The molecule has 0 saturated carbocycles. The average molecular weight is 696 g/mol. The Bertz CT molecular complexity index is 2180. The second-order valence-electron chi connectivity index (χ2n) is 13.0. The number of carbonyl (C=O) groups is 1. The van der Waals surface area contributed by atoms with E-state index in [1.807, 2.05) is 72.2 Å². The lowest BCUT2D eigenvalue weighted by Crippen LogP contribution is -2.35. The van der Waals surface area contributed by atoms with Crippen molar-refractivity contribution < 1.29 is 27.9 Å². The zero-order valence-electron chi connectivity index (χ0n) is 28.8. The third-order valence-corrected chi connectivity index (χ3v) is 9.56. The maximum atomic E-state index is 15.1. The molecule has 260 valence electrons. The average Bonchev–Trinajstić information content (AvgIpc) is 3.44. The maximum Gasteiger partial charge on any atom is 0.460 e. The van der Waals surface area contributed by atoms with E-state index in [1.54, 1.807) is 64.1 Å². The van der Waals surface area contributed by atoms with Crippen LogP contribution in [0.1, 0.15) is 52.0 Å². The molecule has 0 aliphatic rings. The summed E-state index contributed by atoms with van der Waals surface area (Å²) in [6, 6.07) is 28.6. The molecule has 0 unspecified atom stereocenters. The van der Waals surface area contributed by atoms with E-state index in [0.29, 0.717) is 40.6 Å². The lowest BCUT2D eigenvalue weighted by molar-refractivity contribution is -0.157. The first-order chi connectivity index (χ1) is 23.9. The standard InChI is InChI=1S/C38H42N5O6P/c1-6-46-24-32-41-34-35(30-18-12-13-19-31(30)40-36(34)39)43(32)23-25(2)48-50(45,49-29-21-20-26-14-10-11-17-28(26)22-29)42-33(27-15-8-7-9-16-27)37(44)47-38(3,4)5/h7-22,25,33H,6,23-24H2,1-5H3,(H2,39,40)(H,42,45)/t25-,33+,50+/m1/s1. The largest absolute Gasteiger partial charge is 0.460 e. The number of nitrogens with two attached hydrogens (primary N) is 1. The summed E-state index contributed by atoms with van der Waals surface area (Å²) >= 11 is 0. The monoisotopic (exact) mass is 695 g/mol. The molecule has 0 bridgehead atoms. The number of nitrogens with one attached hydrogen (secondary N) is 1. The van der Waals surface area contributed by atoms with Crippen molar-refractivity contribution in [2.24, 2.45) is 0 Å². The van der Waals surface area contributed by atoms with Crippen molar-refractivity contribution in [2.75, 3.05) is 12.3 Å². The zero-order chi connectivity index (χ0) is 35.5. The summed E-state index contributed by atoms with van der Waals surface area (Å²) < 4.78 is 41.2. The van der Waals surface area contributed by atoms with Gasteiger partial charge in [-0.05, 0) is 69.2 Å². The van der Waals surface area contributed by atoms with E-state index in [1.165, 1.54) is 0 Å². The summed E-state index contributed by atoms with van der Waals surface area (Å²) in [5, 5.41) is 5.68. The summed E-state index contributed by atoms with van der Waals surface area (Å²) in [5.41, 5.74) is 8.13. The molecule has 11 nitrogen and oxygen atoms in total. The molecule has 4 aromatic carbocycles. The number of rotatable bonds is 13. The molecular formula is C38H42N5O6P. The van der Waals surface area contributed by atoms with Crippen molar-refractivity contribution in [1.29, 1.82) is 0 Å². The van der Waals surface area contributed by atoms with Gasteiger partial charge >= 0.3 is 13.7 Å². The van der Waals surface area contributed by atoms with E-state index in [-0.39, 0.29) is 13.2 Å². The number of nitrogens with zero attached hydrogens (tertiary/aromatic N) is 3. The number of hydrogen-bond donors (Lipinski definition) is 2. The Kier molecular flexibility index (Phi) is 10.2. The number of hydrogen-bond acceptors (Lipinski definition) is 9. The van der Waals surface area contributed by atoms with Crippen LogP contribution in [-0.4, -0.2) is 38.8 Å². The van der Waals surface area contributed by atoms with Crippen molar-refractivity contribution in [3.05, 3.63) is 108 Å². The van der Waals surface area contributed by atoms with Gasteiger partial charge in [0.2, 0.25) is 0 Å². The summed E-state index contributed by atoms with van der Waals surface area (Å²) in [6.07, 6.45) is -0.741. The van der Waals surface area contributed by atoms with Crippen LogP contribution in [0, 0.1) is 0 Å². The zero-order valence-corrected chi connectivity index (χ0v) is 29.7. The number of imidazole rings is 1. The number of ether oxygens (including phenoxy) is 2. The van der Waals surface area contributed by atoms with Gasteiger partial charge in [0.15, 0.2) is 5.82 Å². The van der Waals surface area contributed by atoms with Gasteiger partial charge in [0, 0.05) is 12.0 Å². The molecule has 0 spiro atoms. The predicted octanol–water partition coefficient (Wildman–Crippen LogP) is 8.12. The number of pyridine rings is 1. The van der Waals surface area contributed by atoms with Crippen LogP contribution < -0.4 is 15.3 Å². The van der Waals surface area contributed by atoms with Gasteiger partial charge < -0.3 is 24.3 Å². The molecule has 0 aliphatic carbocycles. The first-order valence-corrected chi connectivity index (χ1v) is 18.1. The van der Waals surface area contributed by atoms with Crippen LogP contribution in [-0.2, 0) is 36.5 Å². The third-order valence-electron chi connectivity index (χ3n) is 7.89. The molecule has 2 heterocycles. The number of para-hydroxylation sites is 1. The maximum absolute atomic E-state index is 15.1. The number of fused-ring (bicyclic) bond motifs is 4. The molecule has 50 heavy (non-hydrogen) atoms. The van der Waals surface area contributed by atoms with Crippen LogP contribution in [0.25, 0.3) is 32.7 Å². The highest BCUT2D eigenvalue weighted by atomic mass is 31.2. The van der Waals surface area contributed by atoms with E-state index >= 15 is 4.57 Å². The summed E-state index contributed by atoms with van der Waals surface area (Å²) in [7, 11) is -4.34. The fraction of sp³-hybridized carbons (Fsp3) is 0.289. The lowest BCUT2D eigenvalue weighted by Gasteiger charge is -2.29. The summed E-state index contributed by atoms with van der Waals surface area (Å²) in [6.45, 7) is 9.91. The van der Waals surface area contributed by atoms with Crippen LogP contribution in [0.3, 0.4) is 0 Å². The van der Waals surface area contributed by atoms with Crippen molar-refractivity contribution in [3.63, 3.8) is 0 Å². The first-order valence-electron chi connectivity index (χ1n) is 16.6. The van der Waals surface area contributed by atoms with Gasteiger partial charge in [-0.2, -0.15) is 5.09 Å². The van der Waals surface area contributed by atoms with Gasteiger partial charge in [0.1, 0.15) is 35.3 Å². The molecular weight excluding hydrogens is 653 g/mol. The topological polar surface area (TPSA) is 140 Å². The molecule has 0 saturated heterocycles. The molecule has 0 radical (unpaired) electrons. The van der Waals surface area contributed by atoms with Crippen molar-refractivity contribution >= 4 is 52.2 Å².